The summed E-state index contributed by atoms with van der Waals surface area (Å²) in [5.74, 6) is -1.32. The molecule has 0 radical (unpaired) electrons. The average Bonchev–Trinajstić information content (AvgIpc) is 2.90. The quantitative estimate of drug-likeness (QED) is 0.364. The lowest BCUT2D eigenvalue weighted by molar-refractivity contribution is 0.102. The van der Waals surface area contributed by atoms with Crippen molar-refractivity contribution in [2.75, 3.05) is 12.4 Å². The molecule has 3 aromatic carbocycles. The highest BCUT2D eigenvalue weighted by Crippen LogP contribution is 2.40. The Morgan fingerprint density at radius 1 is 1.05 bits per heavy atom. The molecular formula is C28H23ClFN3O5. The number of aldehydes is 1. The summed E-state index contributed by atoms with van der Waals surface area (Å²) in [6.07, 6.45) is 1.59. The second kappa shape index (κ2) is 10.5. The molecule has 0 unspecified atom stereocenters. The van der Waals surface area contributed by atoms with Gasteiger partial charge >= 0.3 is 5.69 Å². The number of benzene rings is 3. The first-order valence-electron chi connectivity index (χ1n) is 11.4. The van der Waals surface area contributed by atoms with Gasteiger partial charge in [0.05, 0.1) is 17.7 Å². The summed E-state index contributed by atoms with van der Waals surface area (Å²) in [6, 6.07) is 13.2. The van der Waals surface area contributed by atoms with Gasteiger partial charge in [-0.3, -0.25) is 19.0 Å². The fraction of sp³-hybridized carbons (Fsp3) is 0.143. The predicted octanol–water partition coefficient (Wildman–Crippen LogP) is 4.59. The summed E-state index contributed by atoms with van der Waals surface area (Å²) < 4.78 is 21.8. The van der Waals surface area contributed by atoms with Gasteiger partial charge in [-0.25, -0.2) is 9.18 Å². The number of nitrogens with zero attached hydrogens (tertiary/aromatic N) is 2. The third-order valence-electron chi connectivity index (χ3n) is 6.30. The SMILES string of the molecule is COc1cc(-c2cccc(-c3cccc(NC(=O)c4cn(C)c(=O)n(C)c4=O)c3C)c2Cl)cc(F)c1C=O. The van der Waals surface area contributed by atoms with E-state index in [9.17, 15) is 23.6 Å². The van der Waals surface area contributed by atoms with Crippen LogP contribution in [0.25, 0.3) is 22.3 Å². The summed E-state index contributed by atoms with van der Waals surface area (Å²) in [5, 5.41) is 3.07. The van der Waals surface area contributed by atoms with E-state index in [0.29, 0.717) is 44.8 Å². The molecule has 0 saturated heterocycles. The van der Waals surface area contributed by atoms with Gasteiger partial charge in [0.15, 0.2) is 6.29 Å². The van der Waals surface area contributed by atoms with E-state index >= 15 is 0 Å². The molecule has 0 fully saturated rings. The Morgan fingerprint density at radius 3 is 2.39 bits per heavy atom. The van der Waals surface area contributed by atoms with Crippen LogP contribution in [0.3, 0.4) is 0 Å². The highest BCUT2D eigenvalue weighted by atomic mass is 35.5. The van der Waals surface area contributed by atoms with Crippen molar-refractivity contribution in [1.29, 1.82) is 0 Å². The molecule has 0 aliphatic rings. The van der Waals surface area contributed by atoms with E-state index in [0.717, 1.165) is 9.13 Å². The van der Waals surface area contributed by atoms with Crippen LogP contribution in [0.1, 0.15) is 26.3 Å². The van der Waals surface area contributed by atoms with E-state index in [4.69, 9.17) is 16.3 Å². The van der Waals surface area contributed by atoms with Crippen molar-refractivity contribution in [2.45, 2.75) is 6.92 Å². The van der Waals surface area contributed by atoms with Gasteiger partial charge in [0.2, 0.25) is 0 Å². The van der Waals surface area contributed by atoms with Crippen molar-refractivity contribution in [3.8, 4) is 28.0 Å². The molecule has 0 saturated carbocycles. The standard InChI is InChI=1S/C28H23ClFN3O5/c1-15-17(7-6-10-23(15)31-26(35)20-13-32(2)28(37)33(3)27(20)36)19-9-5-8-18(25(19)29)16-11-22(30)21(14-34)24(12-16)38-4/h5-14H,1-4H3,(H,31,35). The molecule has 1 aromatic heterocycles. The molecule has 0 bridgehead atoms. The molecule has 10 heteroatoms. The Balaban J connectivity index is 1.76. The van der Waals surface area contributed by atoms with Crippen molar-refractivity contribution in [3.05, 3.63) is 103 Å². The highest BCUT2D eigenvalue weighted by molar-refractivity contribution is 6.36. The molecule has 194 valence electrons. The van der Waals surface area contributed by atoms with Crippen LogP contribution in [0.2, 0.25) is 5.02 Å². The zero-order chi connectivity index (χ0) is 27.7. The van der Waals surface area contributed by atoms with E-state index in [-0.39, 0.29) is 16.9 Å². The Hall–Kier alpha value is -4.50. The van der Waals surface area contributed by atoms with Crippen LogP contribution in [-0.4, -0.2) is 28.4 Å². The highest BCUT2D eigenvalue weighted by Gasteiger charge is 2.19. The number of aromatic nitrogens is 2. The van der Waals surface area contributed by atoms with Gasteiger partial charge < -0.3 is 14.6 Å². The normalized spacial score (nSPS) is 10.8. The molecule has 0 atom stereocenters. The molecule has 38 heavy (non-hydrogen) atoms. The van der Waals surface area contributed by atoms with Gasteiger partial charge in [-0.05, 0) is 41.8 Å². The maximum absolute atomic E-state index is 14.6. The third kappa shape index (κ3) is 4.64. The number of rotatable bonds is 6. The van der Waals surface area contributed by atoms with Crippen molar-refractivity contribution >= 4 is 29.5 Å². The number of anilines is 1. The van der Waals surface area contributed by atoms with Crippen LogP contribution in [0, 0.1) is 12.7 Å². The predicted molar refractivity (Wildman–Crippen MR) is 144 cm³/mol. The lowest BCUT2D eigenvalue weighted by atomic mass is 9.94. The van der Waals surface area contributed by atoms with Crippen LogP contribution >= 0.6 is 11.6 Å². The monoisotopic (exact) mass is 535 g/mol. The minimum Gasteiger partial charge on any atom is -0.496 e. The average molecular weight is 536 g/mol. The molecule has 0 aliphatic carbocycles. The van der Waals surface area contributed by atoms with Crippen molar-refractivity contribution < 1.29 is 18.7 Å². The summed E-state index contributed by atoms with van der Waals surface area (Å²) in [4.78, 5) is 48.7. The molecule has 8 nitrogen and oxygen atoms in total. The number of nitrogens with one attached hydrogen (secondary N) is 1. The maximum Gasteiger partial charge on any atom is 0.330 e. The largest absolute Gasteiger partial charge is 0.496 e. The van der Waals surface area contributed by atoms with E-state index in [1.54, 1.807) is 37.3 Å². The number of methoxy groups -OCH3 is 1. The zero-order valence-electron chi connectivity index (χ0n) is 21.0. The van der Waals surface area contributed by atoms with Gasteiger partial charge in [0.1, 0.15) is 17.1 Å². The second-order valence-electron chi connectivity index (χ2n) is 8.59. The Kier molecular flexibility index (Phi) is 7.32. The van der Waals surface area contributed by atoms with E-state index < -0.39 is 23.0 Å². The van der Waals surface area contributed by atoms with Crippen LogP contribution in [0.4, 0.5) is 10.1 Å². The maximum atomic E-state index is 14.6. The van der Waals surface area contributed by atoms with Crippen LogP contribution in [0.15, 0.2) is 64.3 Å². The number of hydrogen-bond donors (Lipinski definition) is 1. The molecule has 1 heterocycles. The first-order chi connectivity index (χ1) is 18.1. The summed E-state index contributed by atoms with van der Waals surface area (Å²) in [6.45, 7) is 1.79. The van der Waals surface area contributed by atoms with E-state index in [1.807, 2.05) is 6.07 Å². The number of halogens is 2. The zero-order valence-corrected chi connectivity index (χ0v) is 21.7. The number of aryl methyl sites for hydroxylation is 1. The van der Waals surface area contributed by atoms with Crippen LogP contribution in [-0.2, 0) is 14.1 Å². The fourth-order valence-electron chi connectivity index (χ4n) is 4.21. The summed E-state index contributed by atoms with van der Waals surface area (Å²) in [5.41, 5.74) is 1.73. The number of amides is 1. The Morgan fingerprint density at radius 2 is 1.71 bits per heavy atom. The smallest absolute Gasteiger partial charge is 0.330 e. The van der Waals surface area contributed by atoms with Crippen molar-refractivity contribution in [1.82, 2.24) is 9.13 Å². The molecule has 4 rings (SSSR count). The molecule has 0 spiro atoms. The lowest BCUT2D eigenvalue weighted by Gasteiger charge is -2.16. The number of carbonyl (C=O) groups excluding carboxylic acids is 2. The van der Waals surface area contributed by atoms with Crippen molar-refractivity contribution in [3.63, 3.8) is 0 Å². The van der Waals surface area contributed by atoms with Crippen LogP contribution < -0.4 is 21.3 Å². The van der Waals surface area contributed by atoms with Crippen LogP contribution in [0.5, 0.6) is 5.75 Å². The Labute approximate surface area is 221 Å². The van der Waals surface area contributed by atoms with Crippen molar-refractivity contribution in [2.24, 2.45) is 14.1 Å². The molecular weight excluding hydrogens is 513 g/mol. The summed E-state index contributed by atoms with van der Waals surface area (Å²) in [7, 11) is 4.10. The number of ether oxygens (including phenoxy) is 1. The third-order valence-corrected chi connectivity index (χ3v) is 6.71. The van der Waals surface area contributed by atoms with Gasteiger partial charge in [0.25, 0.3) is 11.5 Å². The molecule has 0 aliphatic heterocycles. The van der Waals surface area contributed by atoms with E-state index in [1.165, 1.54) is 39.5 Å². The topological polar surface area (TPSA) is 99.4 Å². The molecule has 1 amide bonds. The van der Waals surface area contributed by atoms with Gasteiger partial charge in [-0.2, -0.15) is 0 Å². The minimum absolute atomic E-state index is 0.0851. The summed E-state index contributed by atoms with van der Waals surface area (Å²) >= 11 is 6.80. The number of carbonyl (C=O) groups is 2. The second-order valence-corrected chi connectivity index (χ2v) is 8.97. The minimum atomic E-state index is -0.735. The molecule has 1 N–H and O–H groups in total. The first kappa shape index (κ1) is 26.6. The first-order valence-corrected chi connectivity index (χ1v) is 11.8. The van der Waals surface area contributed by atoms with Gasteiger partial charge in [-0.15, -0.1) is 0 Å². The number of hydrogen-bond acceptors (Lipinski definition) is 5. The fourth-order valence-corrected chi connectivity index (χ4v) is 4.55. The Bertz CT molecular complexity index is 1730. The lowest BCUT2D eigenvalue weighted by Crippen LogP contribution is -2.40. The van der Waals surface area contributed by atoms with E-state index in [2.05, 4.69) is 5.32 Å². The molecule has 4 aromatic rings. The van der Waals surface area contributed by atoms with Gasteiger partial charge in [0, 0.05) is 37.1 Å². The van der Waals surface area contributed by atoms with Gasteiger partial charge in [-0.1, -0.05) is 41.9 Å².